The lowest BCUT2D eigenvalue weighted by molar-refractivity contribution is -0.140. The normalized spacial score (nSPS) is 14.4. The molecule has 0 saturated heterocycles. The van der Waals surface area contributed by atoms with Crippen molar-refractivity contribution in [1.29, 1.82) is 0 Å². The summed E-state index contributed by atoms with van der Waals surface area (Å²) < 4.78 is 29.4. The molecule has 0 radical (unpaired) electrons. The van der Waals surface area contributed by atoms with Gasteiger partial charge in [0.1, 0.15) is 12.6 Å². The first kappa shape index (κ1) is 31.3. The van der Waals surface area contributed by atoms with E-state index in [0.717, 1.165) is 53.5 Å². The highest BCUT2D eigenvalue weighted by Gasteiger charge is 2.34. The SMILES string of the molecule is CCC(C(=O)NC1CCCC1)N(Cc1ccccc1C)C(=O)CN(c1ccc(C)c(C)c1)S(=O)(=O)c1ccc(C)cc1. The van der Waals surface area contributed by atoms with Crippen molar-refractivity contribution in [1.82, 2.24) is 10.2 Å². The van der Waals surface area contributed by atoms with Crippen LogP contribution in [-0.2, 0) is 26.2 Å². The van der Waals surface area contributed by atoms with Crippen molar-refractivity contribution in [2.24, 2.45) is 0 Å². The second-order valence-electron chi connectivity index (χ2n) is 11.5. The summed E-state index contributed by atoms with van der Waals surface area (Å²) in [5.41, 5.74) is 5.20. The Morgan fingerprint density at radius 1 is 0.881 bits per heavy atom. The van der Waals surface area contributed by atoms with E-state index < -0.39 is 28.5 Å². The third-order valence-corrected chi connectivity index (χ3v) is 10.1. The number of hydrogen-bond donors (Lipinski definition) is 1. The van der Waals surface area contributed by atoms with Gasteiger partial charge in [-0.1, -0.05) is 67.8 Å². The highest BCUT2D eigenvalue weighted by Crippen LogP contribution is 2.27. The van der Waals surface area contributed by atoms with Gasteiger partial charge in [0, 0.05) is 12.6 Å². The molecule has 224 valence electrons. The second-order valence-corrected chi connectivity index (χ2v) is 13.3. The van der Waals surface area contributed by atoms with Crippen molar-refractivity contribution in [2.45, 2.75) is 90.2 Å². The summed E-state index contributed by atoms with van der Waals surface area (Å²) >= 11 is 0. The monoisotopic (exact) mass is 589 g/mol. The van der Waals surface area contributed by atoms with Crippen molar-refractivity contribution in [3.05, 3.63) is 94.5 Å². The average molecular weight is 590 g/mol. The summed E-state index contributed by atoms with van der Waals surface area (Å²) in [6.07, 6.45) is 4.43. The van der Waals surface area contributed by atoms with E-state index in [9.17, 15) is 18.0 Å². The van der Waals surface area contributed by atoms with Gasteiger partial charge in [0.25, 0.3) is 10.0 Å². The highest BCUT2D eigenvalue weighted by molar-refractivity contribution is 7.92. The fraction of sp³-hybridized carbons (Fsp3) is 0.412. The molecule has 1 N–H and O–H groups in total. The van der Waals surface area contributed by atoms with Crippen LogP contribution in [0.5, 0.6) is 0 Å². The molecule has 8 heteroatoms. The minimum atomic E-state index is -4.10. The standard InChI is InChI=1S/C34H43N3O4S/c1-6-32(34(39)35-29-13-9-10-14-29)36(22-28-12-8-7-11-26(28)4)33(38)23-37(30-18-17-25(3)27(5)21-30)42(40,41)31-19-15-24(2)16-20-31/h7-8,11-12,15-21,29,32H,6,9-10,13-14,22-23H2,1-5H3,(H,35,39). The predicted octanol–water partition coefficient (Wildman–Crippen LogP) is 5.98. The Hall–Kier alpha value is -3.65. The molecule has 0 spiro atoms. The van der Waals surface area contributed by atoms with Crippen LogP contribution in [-0.4, -0.2) is 43.8 Å². The number of hydrogen-bond acceptors (Lipinski definition) is 4. The topological polar surface area (TPSA) is 86.8 Å². The molecule has 4 rings (SSSR count). The third kappa shape index (κ3) is 7.21. The van der Waals surface area contributed by atoms with Crippen LogP contribution < -0.4 is 9.62 Å². The molecule has 1 unspecified atom stereocenters. The van der Waals surface area contributed by atoms with E-state index in [1.54, 1.807) is 41.3 Å². The van der Waals surface area contributed by atoms with Crippen LogP contribution in [0.15, 0.2) is 71.6 Å². The van der Waals surface area contributed by atoms with Crippen LogP contribution in [0.1, 0.15) is 66.8 Å². The third-order valence-electron chi connectivity index (χ3n) is 8.36. The molecule has 1 fully saturated rings. The molecular formula is C34H43N3O4S. The zero-order valence-corrected chi connectivity index (χ0v) is 26.2. The largest absolute Gasteiger partial charge is 0.352 e. The number of carbonyl (C=O) groups is 2. The number of nitrogens with zero attached hydrogens (tertiary/aromatic N) is 2. The molecule has 1 atom stereocenters. The summed E-state index contributed by atoms with van der Waals surface area (Å²) in [5.74, 6) is -0.619. The Morgan fingerprint density at radius 2 is 1.55 bits per heavy atom. The zero-order chi connectivity index (χ0) is 30.4. The van der Waals surface area contributed by atoms with Gasteiger partial charge in [-0.2, -0.15) is 0 Å². The van der Waals surface area contributed by atoms with Gasteiger partial charge in [0.15, 0.2) is 0 Å². The first-order chi connectivity index (χ1) is 20.0. The Balaban J connectivity index is 1.74. The van der Waals surface area contributed by atoms with Crippen molar-refractivity contribution < 1.29 is 18.0 Å². The molecule has 0 aliphatic heterocycles. The molecule has 1 aliphatic carbocycles. The van der Waals surface area contributed by atoms with E-state index >= 15 is 0 Å². The first-order valence-electron chi connectivity index (χ1n) is 14.8. The summed E-state index contributed by atoms with van der Waals surface area (Å²) in [6.45, 7) is 9.41. The molecule has 1 saturated carbocycles. The minimum Gasteiger partial charge on any atom is -0.352 e. The average Bonchev–Trinajstić information content (AvgIpc) is 3.47. The second kappa shape index (κ2) is 13.6. The van der Waals surface area contributed by atoms with Crippen LogP contribution >= 0.6 is 0 Å². The minimum absolute atomic E-state index is 0.107. The molecule has 0 aromatic heterocycles. The molecule has 42 heavy (non-hydrogen) atoms. The Bertz CT molecular complexity index is 1510. The highest BCUT2D eigenvalue weighted by atomic mass is 32.2. The van der Waals surface area contributed by atoms with Gasteiger partial charge in [-0.15, -0.1) is 0 Å². The van der Waals surface area contributed by atoms with Gasteiger partial charge < -0.3 is 10.2 Å². The molecule has 2 amide bonds. The van der Waals surface area contributed by atoms with E-state index in [-0.39, 0.29) is 23.4 Å². The Labute approximate surface area is 251 Å². The number of carbonyl (C=O) groups excluding carboxylic acids is 2. The van der Waals surface area contributed by atoms with Crippen molar-refractivity contribution >= 4 is 27.5 Å². The molecular weight excluding hydrogens is 546 g/mol. The lowest BCUT2D eigenvalue weighted by Gasteiger charge is -2.34. The smallest absolute Gasteiger partial charge is 0.264 e. The fourth-order valence-electron chi connectivity index (χ4n) is 5.50. The van der Waals surface area contributed by atoms with Gasteiger partial charge in [-0.05, 0) is 93.5 Å². The number of aryl methyl sites for hydroxylation is 4. The van der Waals surface area contributed by atoms with E-state index in [4.69, 9.17) is 0 Å². The van der Waals surface area contributed by atoms with E-state index in [2.05, 4.69) is 5.32 Å². The lowest BCUT2D eigenvalue weighted by Crippen LogP contribution is -2.53. The van der Waals surface area contributed by atoms with Crippen LogP contribution in [0.3, 0.4) is 0 Å². The number of anilines is 1. The number of sulfonamides is 1. The van der Waals surface area contributed by atoms with E-state index in [0.29, 0.717) is 12.1 Å². The van der Waals surface area contributed by atoms with Crippen LogP contribution in [0.4, 0.5) is 5.69 Å². The molecule has 7 nitrogen and oxygen atoms in total. The van der Waals surface area contributed by atoms with Crippen LogP contribution in [0.2, 0.25) is 0 Å². The fourth-order valence-corrected chi connectivity index (χ4v) is 6.91. The summed E-state index contributed by atoms with van der Waals surface area (Å²) in [5, 5.41) is 3.16. The van der Waals surface area contributed by atoms with Gasteiger partial charge >= 0.3 is 0 Å². The molecule has 3 aromatic rings. The number of amides is 2. The van der Waals surface area contributed by atoms with Gasteiger partial charge in [-0.3, -0.25) is 13.9 Å². The Kier molecular flexibility index (Phi) is 10.1. The molecule has 1 aliphatic rings. The maximum absolute atomic E-state index is 14.3. The number of nitrogens with one attached hydrogen (secondary N) is 1. The molecule has 0 heterocycles. The van der Waals surface area contributed by atoms with Gasteiger partial charge in [-0.25, -0.2) is 8.42 Å². The van der Waals surface area contributed by atoms with Crippen LogP contribution in [0, 0.1) is 27.7 Å². The maximum atomic E-state index is 14.3. The van der Waals surface area contributed by atoms with Crippen molar-refractivity contribution in [2.75, 3.05) is 10.8 Å². The summed E-state index contributed by atoms with van der Waals surface area (Å²) in [4.78, 5) is 29.6. The first-order valence-corrected chi connectivity index (χ1v) is 16.3. The van der Waals surface area contributed by atoms with Crippen molar-refractivity contribution in [3.63, 3.8) is 0 Å². The lowest BCUT2D eigenvalue weighted by atomic mass is 10.1. The summed E-state index contributed by atoms with van der Waals surface area (Å²) in [6, 6.07) is 19.2. The maximum Gasteiger partial charge on any atom is 0.264 e. The van der Waals surface area contributed by atoms with Crippen molar-refractivity contribution in [3.8, 4) is 0 Å². The van der Waals surface area contributed by atoms with E-state index in [1.807, 2.05) is 65.0 Å². The van der Waals surface area contributed by atoms with Gasteiger partial charge in [0.05, 0.1) is 10.6 Å². The summed E-state index contributed by atoms with van der Waals surface area (Å²) in [7, 11) is -4.10. The van der Waals surface area contributed by atoms with E-state index in [1.165, 1.54) is 4.31 Å². The predicted molar refractivity (Wildman–Crippen MR) is 168 cm³/mol. The van der Waals surface area contributed by atoms with Gasteiger partial charge in [0.2, 0.25) is 11.8 Å². The quantitative estimate of drug-likeness (QED) is 0.298. The number of benzene rings is 3. The zero-order valence-electron chi connectivity index (χ0n) is 25.4. The number of rotatable bonds is 11. The molecule has 3 aromatic carbocycles. The van der Waals surface area contributed by atoms with Crippen LogP contribution in [0.25, 0.3) is 0 Å². The molecule has 0 bridgehead atoms. The Morgan fingerprint density at radius 3 is 2.17 bits per heavy atom.